The summed E-state index contributed by atoms with van der Waals surface area (Å²) in [6.07, 6.45) is 5.06. The second-order valence-electron chi connectivity index (χ2n) is 6.47. The van der Waals surface area contributed by atoms with Crippen LogP contribution in [-0.4, -0.2) is 37.6 Å². The van der Waals surface area contributed by atoms with Crippen molar-refractivity contribution in [2.24, 2.45) is 0 Å². The molecule has 0 aliphatic heterocycles. The van der Waals surface area contributed by atoms with E-state index in [1.807, 2.05) is 7.05 Å². The van der Waals surface area contributed by atoms with Crippen LogP contribution < -0.4 is 5.32 Å². The second kappa shape index (κ2) is 6.06. The van der Waals surface area contributed by atoms with Crippen molar-refractivity contribution in [3.8, 4) is 0 Å². The summed E-state index contributed by atoms with van der Waals surface area (Å²) in [5.74, 6) is 0. The molecule has 0 aromatic heterocycles. The van der Waals surface area contributed by atoms with Crippen LogP contribution in [-0.2, 0) is 19.3 Å². The van der Waals surface area contributed by atoms with Crippen molar-refractivity contribution < 1.29 is 0 Å². The minimum atomic E-state index is 0.214. The maximum atomic E-state index is 3.28. The lowest BCUT2D eigenvalue weighted by Gasteiger charge is -2.35. The van der Waals surface area contributed by atoms with Crippen molar-refractivity contribution >= 4 is 0 Å². The van der Waals surface area contributed by atoms with E-state index in [0.29, 0.717) is 0 Å². The molecule has 2 nitrogen and oxygen atoms in total. The Morgan fingerprint density at radius 1 is 1.21 bits per heavy atom. The number of hydrogen-bond acceptors (Lipinski definition) is 2. The predicted molar refractivity (Wildman–Crippen MR) is 82.8 cm³/mol. The van der Waals surface area contributed by atoms with Gasteiger partial charge in [-0.1, -0.05) is 18.2 Å². The molecule has 19 heavy (non-hydrogen) atoms. The molecule has 0 spiro atoms. The molecule has 0 heterocycles. The number of nitrogens with one attached hydrogen (secondary N) is 1. The Morgan fingerprint density at radius 3 is 2.68 bits per heavy atom. The van der Waals surface area contributed by atoms with E-state index in [2.05, 4.69) is 49.3 Å². The molecule has 0 saturated heterocycles. The molecule has 0 radical (unpaired) electrons. The van der Waals surface area contributed by atoms with E-state index in [-0.39, 0.29) is 5.54 Å². The Morgan fingerprint density at radius 2 is 1.95 bits per heavy atom. The van der Waals surface area contributed by atoms with Crippen molar-refractivity contribution in [1.29, 1.82) is 0 Å². The van der Waals surface area contributed by atoms with Crippen LogP contribution in [0.5, 0.6) is 0 Å². The zero-order valence-electron chi connectivity index (χ0n) is 12.9. The number of hydrogen-bond donors (Lipinski definition) is 1. The lowest BCUT2D eigenvalue weighted by molar-refractivity contribution is 0.157. The van der Waals surface area contributed by atoms with Crippen LogP contribution in [0.4, 0.5) is 0 Å². The molecule has 0 amide bonds. The average molecular weight is 260 g/mol. The molecular formula is C17H28N2. The number of rotatable bonds is 6. The SMILES string of the molecule is CNCC(C)(C)N(C)CCc1ccc2c(c1)CCC2. The Balaban J connectivity index is 1.92. The van der Waals surface area contributed by atoms with Crippen LogP contribution >= 0.6 is 0 Å². The first-order chi connectivity index (χ1) is 9.03. The summed E-state index contributed by atoms with van der Waals surface area (Å²) in [6.45, 7) is 6.74. The summed E-state index contributed by atoms with van der Waals surface area (Å²) in [4.78, 5) is 2.46. The van der Waals surface area contributed by atoms with E-state index in [1.54, 1.807) is 11.1 Å². The average Bonchev–Trinajstić information content (AvgIpc) is 2.83. The van der Waals surface area contributed by atoms with Gasteiger partial charge in [-0.25, -0.2) is 0 Å². The highest BCUT2D eigenvalue weighted by Crippen LogP contribution is 2.23. The first-order valence-corrected chi connectivity index (χ1v) is 7.49. The maximum absolute atomic E-state index is 3.28. The van der Waals surface area contributed by atoms with Crippen LogP contribution in [0.1, 0.15) is 37.0 Å². The largest absolute Gasteiger partial charge is 0.318 e. The summed E-state index contributed by atoms with van der Waals surface area (Å²) >= 11 is 0. The van der Waals surface area contributed by atoms with Crippen molar-refractivity contribution in [3.63, 3.8) is 0 Å². The van der Waals surface area contributed by atoms with E-state index in [1.165, 1.54) is 24.8 Å². The molecule has 106 valence electrons. The van der Waals surface area contributed by atoms with E-state index < -0.39 is 0 Å². The van der Waals surface area contributed by atoms with Crippen molar-refractivity contribution in [1.82, 2.24) is 10.2 Å². The van der Waals surface area contributed by atoms with Crippen molar-refractivity contribution in [2.75, 3.05) is 27.2 Å². The van der Waals surface area contributed by atoms with Gasteiger partial charge in [0, 0.05) is 18.6 Å². The summed E-state index contributed by atoms with van der Waals surface area (Å²) in [5.41, 5.74) is 4.88. The zero-order chi connectivity index (χ0) is 13.9. The number of nitrogens with zero attached hydrogens (tertiary/aromatic N) is 1. The minimum Gasteiger partial charge on any atom is -0.318 e. The summed E-state index contributed by atoms with van der Waals surface area (Å²) in [7, 11) is 4.25. The Labute approximate surface area is 118 Å². The van der Waals surface area contributed by atoms with Gasteiger partial charge in [-0.15, -0.1) is 0 Å². The van der Waals surface area contributed by atoms with Crippen LogP contribution in [0, 0.1) is 0 Å². The fourth-order valence-corrected chi connectivity index (χ4v) is 2.95. The van der Waals surface area contributed by atoms with Gasteiger partial charge in [-0.3, -0.25) is 4.90 Å². The lowest BCUT2D eigenvalue weighted by atomic mass is 10.0. The summed E-state index contributed by atoms with van der Waals surface area (Å²) in [6, 6.07) is 7.10. The Bertz CT molecular complexity index is 423. The van der Waals surface area contributed by atoms with Crippen molar-refractivity contribution in [2.45, 2.75) is 45.1 Å². The van der Waals surface area contributed by atoms with E-state index >= 15 is 0 Å². The van der Waals surface area contributed by atoms with E-state index in [9.17, 15) is 0 Å². The minimum absolute atomic E-state index is 0.214. The third kappa shape index (κ3) is 3.58. The van der Waals surface area contributed by atoms with Crippen LogP contribution in [0.25, 0.3) is 0 Å². The first-order valence-electron chi connectivity index (χ1n) is 7.49. The van der Waals surface area contributed by atoms with Gasteiger partial charge in [0.05, 0.1) is 0 Å². The fraction of sp³-hybridized carbons (Fsp3) is 0.647. The number of fused-ring (bicyclic) bond motifs is 1. The Kier molecular flexibility index (Phi) is 4.64. The highest BCUT2D eigenvalue weighted by molar-refractivity contribution is 5.35. The number of likely N-dealkylation sites (N-methyl/N-ethyl adjacent to an activating group) is 2. The monoisotopic (exact) mass is 260 g/mol. The summed E-state index contributed by atoms with van der Waals surface area (Å²) in [5, 5.41) is 3.28. The topological polar surface area (TPSA) is 15.3 Å². The molecule has 1 aromatic carbocycles. The molecule has 0 bridgehead atoms. The molecule has 0 atom stereocenters. The van der Waals surface area contributed by atoms with E-state index in [0.717, 1.165) is 19.5 Å². The highest BCUT2D eigenvalue weighted by atomic mass is 15.2. The predicted octanol–water partition coefficient (Wildman–Crippen LogP) is 2.65. The van der Waals surface area contributed by atoms with Crippen LogP contribution in [0.3, 0.4) is 0 Å². The van der Waals surface area contributed by atoms with Gasteiger partial charge >= 0.3 is 0 Å². The first kappa shape index (κ1) is 14.5. The van der Waals surface area contributed by atoms with Crippen LogP contribution in [0.2, 0.25) is 0 Å². The van der Waals surface area contributed by atoms with Gasteiger partial charge in [-0.05, 0) is 70.3 Å². The third-order valence-corrected chi connectivity index (χ3v) is 4.54. The molecule has 0 fully saturated rings. The van der Waals surface area contributed by atoms with Crippen molar-refractivity contribution in [3.05, 3.63) is 34.9 Å². The zero-order valence-corrected chi connectivity index (χ0v) is 12.9. The maximum Gasteiger partial charge on any atom is 0.0274 e. The second-order valence-corrected chi connectivity index (χ2v) is 6.47. The molecule has 1 aromatic rings. The molecule has 0 saturated carbocycles. The van der Waals surface area contributed by atoms with Gasteiger partial charge in [0.2, 0.25) is 0 Å². The van der Waals surface area contributed by atoms with Gasteiger partial charge < -0.3 is 5.32 Å². The lowest BCUT2D eigenvalue weighted by Crippen LogP contribution is -2.48. The third-order valence-electron chi connectivity index (χ3n) is 4.54. The molecule has 2 rings (SSSR count). The van der Waals surface area contributed by atoms with Crippen LogP contribution in [0.15, 0.2) is 18.2 Å². The molecule has 0 unspecified atom stereocenters. The quantitative estimate of drug-likeness (QED) is 0.846. The normalized spacial score (nSPS) is 15.0. The fourth-order valence-electron chi connectivity index (χ4n) is 2.95. The molecule has 1 N–H and O–H groups in total. The van der Waals surface area contributed by atoms with Gasteiger partial charge in [-0.2, -0.15) is 0 Å². The van der Waals surface area contributed by atoms with Gasteiger partial charge in [0.15, 0.2) is 0 Å². The molecule has 1 aliphatic rings. The van der Waals surface area contributed by atoms with Gasteiger partial charge in [0.1, 0.15) is 0 Å². The van der Waals surface area contributed by atoms with E-state index in [4.69, 9.17) is 0 Å². The highest BCUT2D eigenvalue weighted by Gasteiger charge is 2.22. The summed E-state index contributed by atoms with van der Waals surface area (Å²) < 4.78 is 0. The standard InChI is InChI=1S/C17H28N2/c1-17(2,13-18-3)19(4)11-10-14-8-9-15-6-5-7-16(15)12-14/h8-9,12,18H,5-7,10-11,13H2,1-4H3. The Hall–Kier alpha value is -0.860. The number of aryl methyl sites for hydroxylation is 2. The molecule has 2 heteroatoms. The molecule has 1 aliphatic carbocycles. The smallest absolute Gasteiger partial charge is 0.0274 e. The molecular weight excluding hydrogens is 232 g/mol. The van der Waals surface area contributed by atoms with Gasteiger partial charge in [0.25, 0.3) is 0 Å². The number of benzene rings is 1.